The average Bonchev–Trinajstić information content (AvgIpc) is 1.87. The van der Waals surface area contributed by atoms with Gasteiger partial charge in [0, 0.05) is 7.11 Å². The monoisotopic (exact) mass is 142 g/mol. The highest BCUT2D eigenvalue weighted by Gasteiger charge is 2.21. The maximum Gasteiger partial charge on any atom is 0.148 e. The quantitative estimate of drug-likeness (QED) is 0.554. The summed E-state index contributed by atoms with van der Waals surface area (Å²) < 4.78 is 4.94. The number of rotatable bonds is 4. The lowest BCUT2D eigenvalue weighted by Gasteiger charge is -2.26. The lowest BCUT2D eigenvalue weighted by atomic mass is 9.81. The molecule has 0 aromatic carbocycles. The first-order valence-electron chi connectivity index (χ1n) is 3.85. The lowest BCUT2D eigenvalue weighted by molar-refractivity contribution is -0.117. The molecule has 2 heteroatoms. The SMILES string of the molecule is COC(C=O)CC1CCC1. The molecule has 0 amide bonds. The highest BCUT2D eigenvalue weighted by molar-refractivity contribution is 5.55. The summed E-state index contributed by atoms with van der Waals surface area (Å²) in [6.45, 7) is 0. The van der Waals surface area contributed by atoms with Crippen molar-refractivity contribution in [2.45, 2.75) is 31.8 Å². The minimum atomic E-state index is -0.148. The molecule has 0 aliphatic heterocycles. The maximum absolute atomic E-state index is 10.3. The summed E-state index contributed by atoms with van der Waals surface area (Å²) in [7, 11) is 1.59. The van der Waals surface area contributed by atoms with Crippen LogP contribution in [-0.2, 0) is 9.53 Å². The van der Waals surface area contributed by atoms with Gasteiger partial charge in [-0.25, -0.2) is 0 Å². The molecule has 0 saturated heterocycles. The molecule has 10 heavy (non-hydrogen) atoms. The first kappa shape index (κ1) is 7.73. The van der Waals surface area contributed by atoms with Gasteiger partial charge in [-0.15, -0.1) is 0 Å². The number of aldehydes is 1. The average molecular weight is 142 g/mol. The van der Waals surface area contributed by atoms with Crippen molar-refractivity contribution in [3.05, 3.63) is 0 Å². The summed E-state index contributed by atoms with van der Waals surface area (Å²) >= 11 is 0. The van der Waals surface area contributed by atoms with Gasteiger partial charge in [-0.1, -0.05) is 19.3 Å². The van der Waals surface area contributed by atoms with Crippen LogP contribution in [0.5, 0.6) is 0 Å². The van der Waals surface area contributed by atoms with Gasteiger partial charge in [0.15, 0.2) is 0 Å². The summed E-state index contributed by atoms with van der Waals surface area (Å²) in [5.41, 5.74) is 0. The number of carbonyl (C=O) groups excluding carboxylic acids is 1. The van der Waals surface area contributed by atoms with Gasteiger partial charge >= 0.3 is 0 Å². The van der Waals surface area contributed by atoms with Crippen LogP contribution in [0.2, 0.25) is 0 Å². The van der Waals surface area contributed by atoms with Gasteiger partial charge in [0.1, 0.15) is 12.4 Å². The molecule has 58 valence electrons. The standard InChI is InChI=1S/C8H14O2/c1-10-8(6-9)5-7-3-2-4-7/h6-8H,2-5H2,1H3. The van der Waals surface area contributed by atoms with Crippen LogP contribution in [0.15, 0.2) is 0 Å². The topological polar surface area (TPSA) is 26.3 Å². The van der Waals surface area contributed by atoms with Crippen molar-refractivity contribution < 1.29 is 9.53 Å². The number of carbonyl (C=O) groups is 1. The van der Waals surface area contributed by atoms with Crippen LogP contribution in [0.1, 0.15) is 25.7 Å². The number of hydrogen-bond acceptors (Lipinski definition) is 2. The van der Waals surface area contributed by atoms with E-state index in [1.54, 1.807) is 7.11 Å². The molecule has 1 rings (SSSR count). The Hall–Kier alpha value is -0.370. The molecular formula is C8H14O2. The molecule has 0 heterocycles. The van der Waals surface area contributed by atoms with E-state index in [1.807, 2.05) is 0 Å². The molecule has 0 aromatic rings. The van der Waals surface area contributed by atoms with Crippen molar-refractivity contribution in [1.82, 2.24) is 0 Å². The van der Waals surface area contributed by atoms with Crippen LogP contribution < -0.4 is 0 Å². The minimum absolute atomic E-state index is 0.148. The normalized spacial score (nSPS) is 21.7. The maximum atomic E-state index is 10.3. The van der Waals surface area contributed by atoms with Gasteiger partial charge in [-0.2, -0.15) is 0 Å². The predicted molar refractivity (Wildman–Crippen MR) is 38.8 cm³/mol. The second-order valence-corrected chi connectivity index (χ2v) is 2.94. The van der Waals surface area contributed by atoms with E-state index in [0.29, 0.717) is 0 Å². The van der Waals surface area contributed by atoms with Gasteiger partial charge in [-0.3, -0.25) is 0 Å². The van der Waals surface area contributed by atoms with Crippen molar-refractivity contribution in [2.24, 2.45) is 5.92 Å². The van der Waals surface area contributed by atoms with Gasteiger partial charge < -0.3 is 9.53 Å². The van der Waals surface area contributed by atoms with Crippen LogP contribution >= 0.6 is 0 Å². The zero-order valence-electron chi connectivity index (χ0n) is 6.38. The van der Waals surface area contributed by atoms with E-state index < -0.39 is 0 Å². The van der Waals surface area contributed by atoms with Crippen molar-refractivity contribution in [1.29, 1.82) is 0 Å². The molecule has 0 radical (unpaired) electrons. The van der Waals surface area contributed by atoms with Crippen LogP contribution in [-0.4, -0.2) is 19.5 Å². The van der Waals surface area contributed by atoms with E-state index in [2.05, 4.69) is 0 Å². The molecule has 0 N–H and O–H groups in total. The number of methoxy groups -OCH3 is 1. The van der Waals surface area contributed by atoms with E-state index in [9.17, 15) is 4.79 Å². The Morgan fingerprint density at radius 3 is 2.70 bits per heavy atom. The fraction of sp³-hybridized carbons (Fsp3) is 0.875. The third-order valence-electron chi connectivity index (χ3n) is 2.24. The summed E-state index contributed by atoms with van der Waals surface area (Å²) in [5, 5.41) is 0. The minimum Gasteiger partial charge on any atom is -0.374 e. The number of ether oxygens (including phenoxy) is 1. The Balaban J connectivity index is 2.13. The van der Waals surface area contributed by atoms with Gasteiger partial charge in [-0.05, 0) is 12.3 Å². The van der Waals surface area contributed by atoms with Crippen LogP contribution in [0.3, 0.4) is 0 Å². The summed E-state index contributed by atoms with van der Waals surface area (Å²) in [5.74, 6) is 0.759. The van der Waals surface area contributed by atoms with Gasteiger partial charge in [0.05, 0.1) is 0 Å². The summed E-state index contributed by atoms with van der Waals surface area (Å²) in [6, 6.07) is 0. The van der Waals surface area contributed by atoms with E-state index >= 15 is 0 Å². The predicted octanol–water partition coefficient (Wildman–Crippen LogP) is 1.39. The largest absolute Gasteiger partial charge is 0.374 e. The molecule has 0 aromatic heterocycles. The number of hydrogen-bond donors (Lipinski definition) is 0. The second kappa shape index (κ2) is 3.71. The molecule has 0 bridgehead atoms. The smallest absolute Gasteiger partial charge is 0.148 e. The molecule has 1 unspecified atom stereocenters. The molecule has 2 nitrogen and oxygen atoms in total. The van der Waals surface area contributed by atoms with Crippen molar-refractivity contribution in [3.63, 3.8) is 0 Å². The Labute approximate surface area is 61.6 Å². The molecular weight excluding hydrogens is 128 g/mol. The van der Waals surface area contributed by atoms with Gasteiger partial charge in [0.2, 0.25) is 0 Å². The third kappa shape index (κ3) is 1.81. The lowest BCUT2D eigenvalue weighted by Crippen LogP contribution is -2.21. The molecule has 1 saturated carbocycles. The third-order valence-corrected chi connectivity index (χ3v) is 2.24. The van der Waals surface area contributed by atoms with Crippen molar-refractivity contribution in [3.8, 4) is 0 Å². The van der Waals surface area contributed by atoms with E-state index in [-0.39, 0.29) is 6.10 Å². The fourth-order valence-corrected chi connectivity index (χ4v) is 1.26. The van der Waals surface area contributed by atoms with Crippen LogP contribution in [0, 0.1) is 5.92 Å². The summed E-state index contributed by atoms with van der Waals surface area (Å²) in [4.78, 5) is 10.3. The van der Waals surface area contributed by atoms with Crippen LogP contribution in [0.4, 0.5) is 0 Å². The first-order chi connectivity index (χ1) is 4.86. The van der Waals surface area contributed by atoms with E-state index in [1.165, 1.54) is 19.3 Å². The highest BCUT2D eigenvalue weighted by Crippen LogP contribution is 2.30. The van der Waals surface area contributed by atoms with E-state index in [0.717, 1.165) is 18.6 Å². The van der Waals surface area contributed by atoms with E-state index in [4.69, 9.17) is 4.74 Å². The van der Waals surface area contributed by atoms with Crippen LogP contribution in [0.25, 0.3) is 0 Å². The molecule has 1 aliphatic rings. The Morgan fingerprint density at radius 2 is 2.40 bits per heavy atom. The zero-order chi connectivity index (χ0) is 7.40. The molecule has 0 spiro atoms. The molecule has 1 atom stereocenters. The second-order valence-electron chi connectivity index (χ2n) is 2.94. The Bertz CT molecular complexity index is 108. The first-order valence-corrected chi connectivity index (χ1v) is 3.85. The zero-order valence-corrected chi connectivity index (χ0v) is 6.38. The van der Waals surface area contributed by atoms with Gasteiger partial charge in [0.25, 0.3) is 0 Å². The Kier molecular flexibility index (Phi) is 2.87. The fourth-order valence-electron chi connectivity index (χ4n) is 1.26. The summed E-state index contributed by atoms with van der Waals surface area (Å²) in [6.07, 6.45) is 5.59. The molecule has 1 aliphatic carbocycles. The molecule has 1 fully saturated rings. The Morgan fingerprint density at radius 1 is 1.70 bits per heavy atom. The van der Waals surface area contributed by atoms with Crippen molar-refractivity contribution >= 4 is 6.29 Å². The highest BCUT2D eigenvalue weighted by atomic mass is 16.5. The van der Waals surface area contributed by atoms with Crippen molar-refractivity contribution in [2.75, 3.05) is 7.11 Å².